The zero-order chi connectivity index (χ0) is 14.5. The van der Waals surface area contributed by atoms with Crippen LogP contribution in [-0.2, 0) is 16.8 Å². The predicted octanol–water partition coefficient (Wildman–Crippen LogP) is 1.79. The van der Waals surface area contributed by atoms with Crippen molar-refractivity contribution >= 4 is 15.9 Å². The first-order valence-electron chi connectivity index (χ1n) is 6.42. The molecule has 0 fully saturated rings. The SMILES string of the molecule is CCNCc1cccc(NS(=O)(=O)N(C)C(C)C)c1. The first kappa shape index (κ1) is 15.9. The molecule has 0 amide bonds. The Hall–Kier alpha value is -1.11. The number of anilines is 1. The van der Waals surface area contributed by atoms with E-state index in [1.165, 1.54) is 4.31 Å². The highest BCUT2D eigenvalue weighted by atomic mass is 32.2. The molecule has 1 aromatic rings. The summed E-state index contributed by atoms with van der Waals surface area (Å²) in [7, 11) is -1.92. The van der Waals surface area contributed by atoms with Crippen molar-refractivity contribution in [2.24, 2.45) is 0 Å². The summed E-state index contributed by atoms with van der Waals surface area (Å²) < 4.78 is 28.0. The molecule has 0 bridgehead atoms. The molecule has 1 rings (SSSR count). The summed E-state index contributed by atoms with van der Waals surface area (Å²) in [6.07, 6.45) is 0. The number of hydrogen-bond acceptors (Lipinski definition) is 3. The van der Waals surface area contributed by atoms with Gasteiger partial charge in [-0.3, -0.25) is 4.72 Å². The lowest BCUT2D eigenvalue weighted by Crippen LogP contribution is -2.37. The van der Waals surface area contributed by atoms with E-state index >= 15 is 0 Å². The van der Waals surface area contributed by atoms with Gasteiger partial charge in [-0.15, -0.1) is 0 Å². The summed E-state index contributed by atoms with van der Waals surface area (Å²) in [5, 5.41) is 3.21. The molecule has 0 saturated heterocycles. The van der Waals surface area contributed by atoms with Gasteiger partial charge in [0.25, 0.3) is 0 Å². The fourth-order valence-electron chi connectivity index (χ4n) is 1.51. The molecular formula is C13H23N3O2S. The molecular weight excluding hydrogens is 262 g/mol. The largest absolute Gasteiger partial charge is 0.313 e. The Morgan fingerprint density at radius 1 is 1.32 bits per heavy atom. The summed E-state index contributed by atoms with van der Waals surface area (Å²) in [6, 6.07) is 7.32. The van der Waals surface area contributed by atoms with E-state index in [0.29, 0.717) is 5.69 Å². The summed E-state index contributed by atoms with van der Waals surface area (Å²) in [6.45, 7) is 7.31. The highest BCUT2D eigenvalue weighted by Crippen LogP contribution is 2.14. The van der Waals surface area contributed by atoms with Gasteiger partial charge in [0, 0.05) is 19.6 Å². The van der Waals surface area contributed by atoms with Gasteiger partial charge in [0.1, 0.15) is 0 Å². The van der Waals surface area contributed by atoms with E-state index in [-0.39, 0.29) is 6.04 Å². The van der Waals surface area contributed by atoms with E-state index in [0.717, 1.165) is 18.7 Å². The smallest absolute Gasteiger partial charge is 0.301 e. The van der Waals surface area contributed by atoms with Crippen LogP contribution in [0.1, 0.15) is 26.3 Å². The average molecular weight is 285 g/mol. The normalized spacial score (nSPS) is 12.1. The van der Waals surface area contributed by atoms with Crippen LogP contribution < -0.4 is 10.0 Å². The molecule has 5 nitrogen and oxygen atoms in total. The van der Waals surface area contributed by atoms with Crippen LogP contribution in [0.4, 0.5) is 5.69 Å². The lowest BCUT2D eigenvalue weighted by Gasteiger charge is -2.21. The van der Waals surface area contributed by atoms with Gasteiger partial charge in [0.2, 0.25) is 0 Å². The van der Waals surface area contributed by atoms with Gasteiger partial charge in [-0.05, 0) is 38.1 Å². The Kier molecular flexibility index (Phi) is 5.78. The monoisotopic (exact) mass is 285 g/mol. The molecule has 2 N–H and O–H groups in total. The van der Waals surface area contributed by atoms with E-state index in [9.17, 15) is 8.42 Å². The number of hydrogen-bond donors (Lipinski definition) is 2. The first-order valence-corrected chi connectivity index (χ1v) is 7.86. The molecule has 0 aromatic heterocycles. The molecule has 6 heteroatoms. The Bertz CT molecular complexity index is 500. The number of nitrogens with one attached hydrogen (secondary N) is 2. The highest BCUT2D eigenvalue weighted by molar-refractivity contribution is 7.90. The van der Waals surface area contributed by atoms with Crippen molar-refractivity contribution in [1.82, 2.24) is 9.62 Å². The van der Waals surface area contributed by atoms with Crippen LogP contribution >= 0.6 is 0 Å². The van der Waals surface area contributed by atoms with Crippen LogP contribution in [0.2, 0.25) is 0 Å². The summed E-state index contributed by atoms with van der Waals surface area (Å²) >= 11 is 0. The maximum Gasteiger partial charge on any atom is 0.301 e. The second-order valence-electron chi connectivity index (χ2n) is 4.70. The highest BCUT2D eigenvalue weighted by Gasteiger charge is 2.20. The van der Waals surface area contributed by atoms with Crippen LogP contribution in [0, 0.1) is 0 Å². The molecule has 0 atom stereocenters. The molecule has 0 aliphatic rings. The summed E-state index contributed by atoms with van der Waals surface area (Å²) in [4.78, 5) is 0. The summed E-state index contributed by atoms with van der Waals surface area (Å²) in [5.41, 5.74) is 1.64. The minimum atomic E-state index is -3.49. The van der Waals surface area contributed by atoms with Gasteiger partial charge in [-0.1, -0.05) is 19.1 Å². The van der Waals surface area contributed by atoms with E-state index < -0.39 is 10.2 Å². The van der Waals surface area contributed by atoms with E-state index in [1.54, 1.807) is 13.1 Å². The van der Waals surface area contributed by atoms with Crippen molar-refractivity contribution in [2.75, 3.05) is 18.3 Å². The Labute approximate surface area is 116 Å². The topological polar surface area (TPSA) is 61.4 Å². The minimum Gasteiger partial charge on any atom is -0.313 e. The van der Waals surface area contributed by atoms with Gasteiger partial charge in [0.15, 0.2) is 0 Å². The maximum atomic E-state index is 12.1. The third-order valence-corrected chi connectivity index (χ3v) is 4.53. The van der Waals surface area contributed by atoms with Gasteiger partial charge in [-0.25, -0.2) is 0 Å². The van der Waals surface area contributed by atoms with Crippen molar-refractivity contribution in [2.45, 2.75) is 33.4 Å². The second-order valence-corrected chi connectivity index (χ2v) is 6.43. The number of benzene rings is 1. The Morgan fingerprint density at radius 3 is 2.58 bits per heavy atom. The average Bonchev–Trinajstić information content (AvgIpc) is 2.35. The molecule has 19 heavy (non-hydrogen) atoms. The van der Waals surface area contributed by atoms with Crippen molar-refractivity contribution < 1.29 is 8.42 Å². The lowest BCUT2D eigenvalue weighted by molar-refractivity contribution is 0.414. The zero-order valence-electron chi connectivity index (χ0n) is 12.0. The number of nitrogens with zero attached hydrogens (tertiary/aromatic N) is 1. The standard InChI is InChI=1S/C13H23N3O2S/c1-5-14-10-12-7-6-8-13(9-12)15-19(17,18)16(4)11(2)3/h6-9,11,14-15H,5,10H2,1-4H3. The van der Waals surface area contributed by atoms with Crippen molar-refractivity contribution in [3.63, 3.8) is 0 Å². The van der Waals surface area contributed by atoms with Crippen molar-refractivity contribution in [3.05, 3.63) is 29.8 Å². The zero-order valence-corrected chi connectivity index (χ0v) is 12.8. The van der Waals surface area contributed by atoms with Crippen LogP contribution in [-0.4, -0.2) is 32.4 Å². The van der Waals surface area contributed by atoms with E-state index in [4.69, 9.17) is 0 Å². The molecule has 0 unspecified atom stereocenters. The lowest BCUT2D eigenvalue weighted by atomic mass is 10.2. The minimum absolute atomic E-state index is 0.0811. The van der Waals surface area contributed by atoms with Crippen molar-refractivity contribution in [1.29, 1.82) is 0 Å². The third kappa shape index (κ3) is 4.81. The molecule has 0 saturated carbocycles. The van der Waals surface area contributed by atoms with Crippen LogP contribution in [0.15, 0.2) is 24.3 Å². The Morgan fingerprint density at radius 2 is 2.00 bits per heavy atom. The van der Waals surface area contributed by atoms with E-state index in [2.05, 4.69) is 10.0 Å². The molecule has 1 aromatic carbocycles. The van der Waals surface area contributed by atoms with Crippen LogP contribution in [0.25, 0.3) is 0 Å². The maximum absolute atomic E-state index is 12.1. The predicted molar refractivity (Wildman–Crippen MR) is 79.3 cm³/mol. The molecule has 0 aliphatic heterocycles. The molecule has 108 valence electrons. The van der Waals surface area contributed by atoms with Crippen molar-refractivity contribution in [3.8, 4) is 0 Å². The van der Waals surface area contributed by atoms with Gasteiger partial charge in [0.05, 0.1) is 5.69 Å². The van der Waals surface area contributed by atoms with Gasteiger partial charge >= 0.3 is 10.2 Å². The Balaban J connectivity index is 2.82. The molecule has 0 aliphatic carbocycles. The van der Waals surface area contributed by atoms with Gasteiger partial charge in [-0.2, -0.15) is 12.7 Å². The molecule has 0 heterocycles. The summed E-state index contributed by atoms with van der Waals surface area (Å²) in [5.74, 6) is 0. The van der Waals surface area contributed by atoms with Gasteiger partial charge < -0.3 is 5.32 Å². The van der Waals surface area contributed by atoms with Crippen LogP contribution in [0.3, 0.4) is 0 Å². The second kappa shape index (κ2) is 6.88. The fraction of sp³-hybridized carbons (Fsp3) is 0.538. The third-order valence-electron chi connectivity index (χ3n) is 2.86. The molecule has 0 spiro atoms. The van der Waals surface area contributed by atoms with Crippen LogP contribution in [0.5, 0.6) is 0 Å². The number of rotatable bonds is 7. The quantitative estimate of drug-likeness (QED) is 0.803. The van der Waals surface area contributed by atoms with E-state index in [1.807, 2.05) is 39.0 Å². The first-order chi connectivity index (χ1) is 8.86. The fourth-order valence-corrected chi connectivity index (χ4v) is 2.64. The molecule has 0 radical (unpaired) electrons.